The number of thioether (sulfide) groups is 1. The molecular formula is C20H21FN4O2S. The maximum atomic E-state index is 15.0. The van der Waals surface area contributed by atoms with Crippen molar-refractivity contribution < 1.29 is 13.9 Å². The van der Waals surface area contributed by atoms with Crippen LogP contribution >= 0.6 is 11.8 Å². The zero-order valence-electron chi connectivity index (χ0n) is 16.0. The van der Waals surface area contributed by atoms with Crippen molar-refractivity contribution in [1.29, 1.82) is 0 Å². The van der Waals surface area contributed by atoms with Crippen LogP contribution in [0.3, 0.4) is 0 Å². The van der Waals surface area contributed by atoms with Crippen LogP contribution in [0.5, 0.6) is 11.5 Å². The molecule has 0 spiro atoms. The average Bonchev–Trinajstić information content (AvgIpc) is 3.56. The molecule has 2 aromatic heterocycles. The summed E-state index contributed by atoms with van der Waals surface area (Å²) in [6.07, 6.45) is 6.11. The number of halogens is 1. The lowest BCUT2D eigenvalue weighted by Crippen LogP contribution is -2.07. The smallest absolute Gasteiger partial charge is 0.187 e. The fourth-order valence-corrected chi connectivity index (χ4v) is 3.31. The van der Waals surface area contributed by atoms with Gasteiger partial charge in [-0.2, -0.15) is 0 Å². The van der Waals surface area contributed by atoms with E-state index in [4.69, 9.17) is 14.5 Å². The van der Waals surface area contributed by atoms with Gasteiger partial charge in [0.1, 0.15) is 11.3 Å². The Morgan fingerprint density at radius 3 is 2.68 bits per heavy atom. The van der Waals surface area contributed by atoms with E-state index in [-0.39, 0.29) is 5.75 Å². The van der Waals surface area contributed by atoms with Crippen LogP contribution in [-0.4, -0.2) is 42.0 Å². The van der Waals surface area contributed by atoms with E-state index < -0.39 is 5.82 Å². The van der Waals surface area contributed by atoms with Gasteiger partial charge in [-0.3, -0.25) is 0 Å². The minimum Gasteiger partial charge on any atom is -0.497 e. The number of ether oxygens (including phenoxy) is 2. The molecule has 0 saturated heterocycles. The molecule has 0 bridgehead atoms. The molecule has 28 heavy (non-hydrogen) atoms. The first kappa shape index (κ1) is 18.7. The Bertz CT molecular complexity index is 1030. The van der Waals surface area contributed by atoms with E-state index in [1.807, 2.05) is 6.26 Å². The van der Waals surface area contributed by atoms with E-state index in [9.17, 15) is 4.39 Å². The lowest BCUT2D eigenvalue weighted by Gasteiger charge is -2.14. The van der Waals surface area contributed by atoms with Gasteiger partial charge in [0.25, 0.3) is 0 Å². The van der Waals surface area contributed by atoms with Crippen molar-refractivity contribution in [2.75, 3.05) is 32.3 Å². The number of aromatic nitrogens is 3. The molecule has 0 radical (unpaired) electrons. The minimum atomic E-state index is -0.482. The van der Waals surface area contributed by atoms with Crippen LogP contribution in [0.4, 0.5) is 10.2 Å². The first-order valence-electron chi connectivity index (χ1n) is 9.00. The molecule has 1 fully saturated rings. The van der Waals surface area contributed by atoms with Crippen LogP contribution in [0, 0.1) is 11.7 Å². The summed E-state index contributed by atoms with van der Waals surface area (Å²) in [4.78, 5) is 13.6. The van der Waals surface area contributed by atoms with Gasteiger partial charge in [-0.15, -0.1) is 0 Å². The average molecular weight is 400 g/mol. The molecule has 3 aromatic rings. The molecular weight excluding hydrogens is 379 g/mol. The van der Waals surface area contributed by atoms with Crippen LogP contribution in [0.2, 0.25) is 0 Å². The number of anilines is 1. The summed E-state index contributed by atoms with van der Waals surface area (Å²) in [7, 11) is 2.96. The van der Waals surface area contributed by atoms with Crippen LogP contribution in [0.25, 0.3) is 22.2 Å². The standard InChI is InChI=1S/C20H21FN4O2S/c1-26-13-7-14(17(21)16(8-13)27-2)15-6-12-10-23-20(28-3)25-18(12)19(24-15)22-9-11-4-5-11/h6-8,10-11H,4-5,9H2,1-3H3,(H,22,24). The van der Waals surface area contributed by atoms with E-state index in [2.05, 4.69) is 15.3 Å². The normalized spacial score (nSPS) is 13.6. The minimum absolute atomic E-state index is 0.109. The largest absolute Gasteiger partial charge is 0.497 e. The number of hydrogen-bond acceptors (Lipinski definition) is 7. The van der Waals surface area contributed by atoms with Gasteiger partial charge in [-0.1, -0.05) is 11.8 Å². The third kappa shape index (κ3) is 3.69. The second kappa shape index (κ2) is 7.79. The van der Waals surface area contributed by atoms with Crippen molar-refractivity contribution in [3.8, 4) is 22.8 Å². The van der Waals surface area contributed by atoms with Gasteiger partial charge in [0.15, 0.2) is 22.5 Å². The Morgan fingerprint density at radius 1 is 1.18 bits per heavy atom. The monoisotopic (exact) mass is 400 g/mol. The highest BCUT2D eigenvalue weighted by Gasteiger charge is 2.22. The van der Waals surface area contributed by atoms with Crippen molar-refractivity contribution in [3.05, 3.63) is 30.2 Å². The lowest BCUT2D eigenvalue weighted by atomic mass is 10.1. The van der Waals surface area contributed by atoms with Crippen molar-refractivity contribution in [1.82, 2.24) is 15.0 Å². The molecule has 1 saturated carbocycles. The number of fused-ring (bicyclic) bond motifs is 1. The zero-order chi connectivity index (χ0) is 19.7. The third-order valence-electron chi connectivity index (χ3n) is 4.73. The number of methoxy groups -OCH3 is 2. The third-order valence-corrected chi connectivity index (χ3v) is 5.29. The van der Waals surface area contributed by atoms with Crippen molar-refractivity contribution >= 4 is 28.5 Å². The molecule has 6 nitrogen and oxygen atoms in total. The summed E-state index contributed by atoms with van der Waals surface area (Å²) >= 11 is 1.47. The van der Waals surface area contributed by atoms with E-state index >= 15 is 0 Å². The first-order chi connectivity index (χ1) is 13.6. The van der Waals surface area contributed by atoms with Gasteiger partial charge < -0.3 is 14.8 Å². The van der Waals surface area contributed by atoms with E-state index in [0.29, 0.717) is 33.9 Å². The van der Waals surface area contributed by atoms with Crippen LogP contribution in [0.15, 0.2) is 29.6 Å². The second-order valence-electron chi connectivity index (χ2n) is 6.67. The Balaban J connectivity index is 1.87. The predicted octanol–water partition coefficient (Wildman–Crippen LogP) is 4.39. The highest BCUT2D eigenvalue weighted by molar-refractivity contribution is 7.98. The molecule has 0 atom stereocenters. The summed E-state index contributed by atoms with van der Waals surface area (Å²) in [5.41, 5.74) is 1.52. The fraction of sp³-hybridized carbons (Fsp3) is 0.350. The van der Waals surface area contributed by atoms with Gasteiger partial charge in [0, 0.05) is 29.8 Å². The molecule has 146 valence electrons. The number of nitrogens with one attached hydrogen (secondary N) is 1. The highest BCUT2D eigenvalue weighted by atomic mass is 32.2. The first-order valence-corrected chi connectivity index (χ1v) is 10.2. The van der Waals surface area contributed by atoms with Crippen LogP contribution in [0.1, 0.15) is 12.8 Å². The molecule has 0 aliphatic heterocycles. The van der Waals surface area contributed by atoms with E-state index in [1.54, 1.807) is 18.3 Å². The number of rotatable bonds is 7. The predicted molar refractivity (Wildman–Crippen MR) is 109 cm³/mol. The molecule has 2 heterocycles. The molecule has 4 rings (SSSR count). The molecule has 1 aliphatic carbocycles. The van der Waals surface area contributed by atoms with Gasteiger partial charge >= 0.3 is 0 Å². The number of hydrogen-bond donors (Lipinski definition) is 1. The SMILES string of the molecule is COc1cc(OC)c(F)c(-c2cc3cnc(SC)nc3c(NCC3CC3)n2)c1. The summed E-state index contributed by atoms with van der Waals surface area (Å²) in [6.45, 7) is 0.827. The zero-order valence-corrected chi connectivity index (χ0v) is 16.8. The van der Waals surface area contributed by atoms with Crippen LogP contribution < -0.4 is 14.8 Å². The number of pyridine rings is 1. The maximum absolute atomic E-state index is 15.0. The van der Waals surface area contributed by atoms with Gasteiger partial charge in [0.2, 0.25) is 0 Å². The summed E-state index contributed by atoms with van der Waals surface area (Å²) in [5, 5.41) is 4.86. The maximum Gasteiger partial charge on any atom is 0.187 e. The molecule has 1 aliphatic rings. The van der Waals surface area contributed by atoms with Gasteiger partial charge in [-0.05, 0) is 37.1 Å². The molecule has 0 amide bonds. The Hall–Kier alpha value is -2.61. The van der Waals surface area contributed by atoms with Crippen LogP contribution in [-0.2, 0) is 0 Å². The highest BCUT2D eigenvalue weighted by Crippen LogP contribution is 2.36. The Morgan fingerprint density at radius 2 is 2.00 bits per heavy atom. The van der Waals surface area contributed by atoms with Crippen molar-refractivity contribution in [2.45, 2.75) is 18.0 Å². The lowest BCUT2D eigenvalue weighted by molar-refractivity contribution is 0.375. The van der Waals surface area contributed by atoms with Crippen molar-refractivity contribution in [3.63, 3.8) is 0 Å². The molecule has 1 aromatic carbocycles. The Labute approximate surface area is 166 Å². The summed E-state index contributed by atoms with van der Waals surface area (Å²) in [6, 6.07) is 4.92. The molecule has 8 heteroatoms. The number of benzene rings is 1. The second-order valence-corrected chi connectivity index (χ2v) is 7.44. The summed E-state index contributed by atoms with van der Waals surface area (Å²) < 4.78 is 25.4. The molecule has 1 N–H and O–H groups in total. The number of nitrogens with zero attached hydrogens (tertiary/aromatic N) is 3. The van der Waals surface area contributed by atoms with E-state index in [1.165, 1.54) is 44.9 Å². The Kier molecular flexibility index (Phi) is 5.21. The quantitative estimate of drug-likeness (QED) is 0.466. The van der Waals surface area contributed by atoms with Gasteiger partial charge in [0.05, 0.1) is 19.9 Å². The van der Waals surface area contributed by atoms with E-state index in [0.717, 1.165) is 17.4 Å². The summed E-state index contributed by atoms with van der Waals surface area (Å²) in [5.74, 6) is 1.42. The van der Waals surface area contributed by atoms with Gasteiger partial charge in [-0.25, -0.2) is 19.3 Å². The topological polar surface area (TPSA) is 69.2 Å². The van der Waals surface area contributed by atoms with Crippen molar-refractivity contribution in [2.24, 2.45) is 5.92 Å². The fourth-order valence-electron chi connectivity index (χ4n) is 2.97. The molecule has 0 unspecified atom stereocenters.